The van der Waals surface area contributed by atoms with E-state index in [4.69, 9.17) is 0 Å². The van der Waals surface area contributed by atoms with Gasteiger partial charge in [0.2, 0.25) is 0 Å². The van der Waals surface area contributed by atoms with Gasteiger partial charge in [-0.3, -0.25) is 0 Å². The van der Waals surface area contributed by atoms with Gasteiger partial charge in [-0.25, -0.2) is 0 Å². The molecule has 2 aromatic rings. The molecular formula is C18H19N. The Balaban J connectivity index is 1.89. The van der Waals surface area contributed by atoms with E-state index < -0.39 is 0 Å². The van der Waals surface area contributed by atoms with Crippen molar-refractivity contribution in [1.29, 1.82) is 0 Å². The van der Waals surface area contributed by atoms with E-state index >= 15 is 0 Å². The molecule has 0 heterocycles. The highest BCUT2D eigenvalue weighted by Crippen LogP contribution is 2.52. The summed E-state index contributed by atoms with van der Waals surface area (Å²) >= 11 is 0. The highest BCUT2D eigenvalue weighted by Gasteiger charge is 2.38. The Morgan fingerprint density at radius 3 is 2.79 bits per heavy atom. The molecule has 19 heavy (non-hydrogen) atoms. The zero-order valence-electron chi connectivity index (χ0n) is 11.3. The van der Waals surface area contributed by atoms with Crippen molar-refractivity contribution in [3.05, 3.63) is 70.3 Å². The van der Waals surface area contributed by atoms with Crippen LogP contribution in [0, 0.1) is 0 Å². The van der Waals surface area contributed by atoms with E-state index in [2.05, 4.69) is 47.8 Å². The van der Waals surface area contributed by atoms with E-state index in [1.165, 1.54) is 18.4 Å². The second-order valence-corrected chi connectivity index (χ2v) is 5.84. The summed E-state index contributed by atoms with van der Waals surface area (Å²) in [7, 11) is 2.04. The fourth-order valence-corrected chi connectivity index (χ4v) is 4.11. The molecule has 0 fully saturated rings. The lowest BCUT2D eigenvalue weighted by atomic mass is 9.81. The third kappa shape index (κ3) is 1.58. The summed E-state index contributed by atoms with van der Waals surface area (Å²) in [5.74, 6) is 1.38. The van der Waals surface area contributed by atoms with Gasteiger partial charge in [0.25, 0.3) is 0 Å². The van der Waals surface area contributed by atoms with Gasteiger partial charge in [-0.05, 0) is 53.6 Å². The van der Waals surface area contributed by atoms with Crippen LogP contribution in [0.2, 0.25) is 0 Å². The van der Waals surface area contributed by atoms with Crippen LogP contribution < -0.4 is 5.32 Å². The van der Waals surface area contributed by atoms with Gasteiger partial charge in [0.15, 0.2) is 0 Å². The van der Waals surface area contributed by atoms with Crippen molar-refractivity contribution in [2.45, 2.75) is 31.2 Å². The molecule has 2 unspecified atom stereocenters. The average molecular weight is 249 g/mol. The molecule has 2 aromatic carbocycles. The second kappa shape index (κ2) is 4.21. The van der Waals surface area contributed by atoms with Crippen molar-refractivity contribution >= 4 is 0 Å². The van der Waals surface area contributed by atoms with Gasteiger partial charge in [0, 0.05) is 12.5 Å². The monoisotopic (exact) mass is 249 g/mol. The Morgan fingerprint density at radius 1 is 1.05 bits per heavy atom. The SMILES string of the molecule is CNCc1cccc2c1C1Cc3ccccc3C2C1. The van der Waals surface area contributed by atoms with E-state index in [9.17, 15) is 0 Å². The lowest BCUT2D eigenvalue weighted by molar-refractivity contribution is 0.589. The van der Waals surface area contributed by atoms with Crippen molar-refractivity contribution in [3.8, 4) is 0 Å². The van der Waals surface area contributed by atoms with Gasteiger partial charge < -0.3 is 5.32 Å². The smallest absolute Gasteiger partial charge is 0.0205 e. The fraction of sp³-hybridized carbons (Fsp3) is 0.333. The summed E-state index contributed by atoms with van der Waals surface area (Å²) in [6, 6.07) is 15.9. The molecule has 0 radical (unpaired) electrons. The average Bonchev–Trinajstić information content (AvgIpc) is 2.75. The Bertz CT molecular complexity index is 629. The van der Waals surface area contributed by atoms with Crippen LogP contribution in [0.15, 0.2) is 42.5 Å². The topological polar surface area (TPSA) is 12.0 Å². The van der Waals surface area contributed by atoms with Gasteiger partial charge in [-0.1, -0.05) is 42.5 Å². The summed E-state index contributed by atoms with van der Waals surface area (Å²) in [4.78, 5) is 0. The van der Waals surface area contributed by atoms with Crippen LogP contribution in [0.4, 0.5) is 0 Å². The molecule has 4 rings (SSSR count). The van der Waals surface area contributed by atoms with Crippen molar-refractivity contribution < 1.29 is 0 Å². The highest BCUT2D eigenvalue weighted by atomic mass is 14.8. The van der Waals surface area contributed by atoms with E-state index in [0.717, 1.165) is 12.5 Å². The summed E-state index contributed by atoms with van der Waals surface area (Å²) in [6.45, 7) is 0.989. The molecule has 1 nitrogen and oxygen atoms in total. The van der Waals surface area contributed by atoms with Gasteiger partial charge in [-0.15, -0.1) is 0 Å². The molecule has 0 saturated heterocycles. The first-order chi connectivity index (χ1) is 9.38. The van der Waals surface area contributed by atoms with Crippen LogP contribution >= 0.6 is 0 Å². The number of benzene rings is 2. The largest absolute Gasteiger partial charge is 0.316 e. The standard InChI is InChI=1S/C18H19N/c1-19-11-13-6-4-8-16-17-10-14(18(13)16)9-12-5-2-3-7-15(12)17/h2-8,14,17,19H,9-11H2,1H3. The number of fused-ring (bicyclic) bond motifs is 7. The number of hydrogen-bond donors (Lipinski definition) is 1. The summed E-state index contributed by atoms with van der Waals surface area (Å²) in [5, 5.41) is 3.31. The van der Waals surface area contributed by atoms with Crippen molar-refractivity contribution in [1.82, 2.24) is 5.32 Å². The molecule has 2 atom stereocenters. The third-order valence-corrected chi connectivity index (χ3v) is 4.80. The summed E-state index contributed by atoms with van der Waals surface area (Å²) in [5.41, 5.74) is 7.86. The number of hydrogen-bond acceptors (Lipinski definition) is 1. The molecule has 2 bridgehead atoms. The first kappa shape index (κ1) is 11.2. The van der Waals surface area contributed by atoms with Crippen LogP contribution in [0.25, 0.3) is 0 Å². The molecule has 2 aliphatic rings. The zero-order valence-corrected chi connectivity index (χ0v) is 11.3. The number of rotatable bonds is 2. The van der Waals surface area contributed by atoms with Crippen LogP contribution in [0.5, 0.6) is 0 Å². The second-order valence-electron chi connectivity index (χ2n) is 5.84. The minimum absolute atomic E-state index is 0.641. The molecule has 1 N–H and O–H groups in total. The fourth-order valence-electron chi connectivity index (χ4n) is 4.11. The molecule has 0 spiro atoms. The molecular weight excluding hydrogens is 230 g/mol. The lowest BCUT2D eigenvalue weighted by Crippen LogP contribution is -2.11. The first-order valence-corrected chi connectivity index (χ1v) is 7.22. The minimum Gasteiger partial charge on any atom is -0.316 e. The third-order valence-electron chi connectivity index (χ3n) is 4.80. The summed E-state index contributed by atoms with van der Waals surface area (Å²) < 4.78 is 0. The molecule has 0 amide bonds. The maximum atomic E-state index is 3.31. The Labute approximate surface area is 114 Å². The molecule has 96 valence electrons. The van der Waals surface area contributed by atoms with Crippen LogP contribution in [-0.4, -0.2) is 7.05 Å². The van der Waals surface area contributed by atoms with Crippen LogP contribution in [0.1, 0.15) is 46.1 Å². The molecule has 2 aliphatic carbocycles. The van der Waals surface area contributed by atoms with Crippen molar-refractivity contribution in [3.63, 3.8) is 0 Å². The molecule has 0 aliphatic heterocycles. The maximum absolute atomic E-state index is 3.31. The normalized spacial score (nSPS) is 23.0. The van der Waals surface area contributed by atoms with Gasteiger partial charge in [0.05, 0.1) is 0 Å². The predicted molar refractivity (Wildman–Crippen MR) is 78.6 cm³/mol. The van der Waals surface area contributed by atoms with Crippen LogP contribution in [0.3, 0.4) is 0 Å². The Morgan fingerprint density at radius 2 is 1.89 bits per heavy atom. The van der Waals surface area contributed by atoms with E-state index in [1.807, 2.05) is 7.05 Å². The number of nitrogens with one attached hydrogen (secondary N) is 1. The van der Waals surface area contributed by atoms with Gasteiger partial charge in [0.1, 0.15) is 0 Å². The minimum atomic E-state index is 0.641. The molecule has 0 aromatic heterocycles. The molecule has 0 saturated carbocycles. The highest BCUT2D eigenvalue weighted by molar-refractivity contribution is 5.54. The van der Waals surface area contributed by atoms with Crippen LogP contribution in [-0.2, 0) is 13.0 Å². The van der Waals surface area contributed by atoms with Crippen molar-refractivity contribution in [2.75, 3.05) is 7.05 Å². The lowest BCUT2D eigenvalue weighted by Gasteiger charge is -2.23. The molecule has 1 heteroatoms. The first-order valence-electron chi connectivity index (χ1n) is 7.22. The van der Waals surface area contributed by atoms with E-state index in [-0.39, 0.29) is 0 Å². The quantitative estimate of drug-likeness (QED) is 0.857. The maximum Gasteiger partial charge on any atom is 0.0205 e. The van der Waals surface area contributed by atoms with E-state index in [0.29, 0.717) is 5.92 Å². The predicted octanol–water partition coefficient (Wildman–Crippen LogP) is 3.58. The van der Waals surface area contributed by atoms with Gasteiger partial charge >= 0.3 is 0 Å². The Hall–Kier alpha value is -1.60. The summed E-state index contributed by atoms with van der Waals surface area (Å²) in [6.07, 6.45) is 2.54. The van der Waals surface area contributed by atoms with E-state index in [1.54, 1.807) is 22.3 Å². The Kier molecular flexibility index (Phi) is 2.49. The van der Waals surface area contributed by atoms with Gasteiger partial charge in [-0.2, -0.15) is 0 Å². The zero-order chi connectivity index (χ0) is 12.8. The van der Waals surface area contributed by atoms with Crippen molar-refractivity contribution in [2.24, 2.45) is 0 Å².